The van der Waals surface area contributed by atoms with Gasteiger partial charge in [0.15, 0.2) is 0 Å². The van der Waals surface area contributed by atoms with Gasteiger partial charge in [-0.25, -0.2) is 4.98 Å². The van der Waals surface area contributed by atoms with E-state index < -0.39 is 66.8 Å². The van der Waals surface area contributed by atoms with Crippen LogP contribution in [0.25, 0.3) is 72.3 Å². The zero-order chi connectivity index (χ0) is 52.2. The molecule has 0 spiro atoms. The summed E-state index contributed by atoms with van der Waals surface area (Å²) in [7, 11) is 0. The minimum atomic E-state index is -1.58. The van der Waals surface area contributed by atoms with Crippen LogP contribution in [0.3, 0.4) is 0 Å². The van der Waals surface area contributed by atoms with Crippen LogP contribution < -0.4 is 9.30 Å². The Kier molecular flexibility index (Phi) is 7.79. The molecule has 3 heterocycles. The van der Waals surface area contributed by atoms with E-state index in [-0.39, 0.29) is 60.3 Å². The molecule has 5 nitrogen and oxygen atoms in total. The van der Waals surface area contributed by atoms with Crippen molar-refractivity contribution in [1.29, 1.82) is 0 Å². The number of nitrogens with zero attached hydrogens (tertiary/aromatic N) is 4. The van der Waals surface area contributed by atoms with Crippen LogP contribution in [0.4, 0.5) is 0 Å². The summed E-state index contributed by atoms with van der Waals surface area (Å²) < 4.78 is 117. The van der Waals surface area contributed by atoms with Crippen molar-refractivity contribution in [2.75, 3.05) is 0 Å². The van der Waals surface area contributed by atoms with Crippen LogP contribution in [0.2, 0.25) is 0 Å². The van der Waals surface area contributed by atoms with Crippen molar-refractivity contribution >= 4 is 32.8 Å². The maximum atomic E-state index is 9.01. The van der Waals surface area contributed by atoms with E-state index in [1.165, 1.54) is 0 Å². The Morgan fingerprint density at radius 1 is 0.726 bits per heavy atom. The number of ether oxygens (including phenoxy) is 1. The molecule has 0 aliphatic heterocycles. The van der Waals surface area contributed by atoms with E-state index >= 15 is 0 Å². The Morgan fingerprint density at radius 3 is 2.13 bits per heavy atom. The number of fused-ring (bicyclic) bond motifs is 4. The van der Waals surface area contributed by atoms with Crippen molar-refractivity contribution in [2.45, 2.75) is 46.4 Å². The van der Waals surface area contributed by atoms with Gasteiger partial charge in [0.2, 0.25) is 0 Å². The van der Waals surface area contributed by atoms with Gasteiger partial charge in [-0.05, 0) is 80.4 Å². The topological polar surface area (TPSA) is 35.9 Å². The van der Waals surface area contributed by atoms with Gasteiger partial charge in [0, 0.05) is 47.0 Å². The van der Waals surface area contributed by atoms with Gasteiger partial charge in [-0.1, -0.05) is 155 Å². The zero-order valence-corrected chi connectivity index (χ0v) is 36.8. The van der Waals surface area contributed by atoms with Crippen LogP contribution in [0.1, 0.15) is 62.2 Å². The van der Waals surface area contributed by atoms with Crippen LogP contribution >= 0.6 is 0 Å². The van der Waals surface area contributed by atoms with Crippen molar-refractivity contribution < 1.29 is 46.8 Å². The van der Waals surface area contributed by atoms with E-state index in [2.05, 4.69) is 45.3 Å². The monoisotopic (exact) mass is 997 g/mol. The minimum Gasteiger partial charge on any atom is -0.510 e. The molecule has 0 saturated heterocycles. The summed E-state index contributed by atoms with van der Waals surface area (Å²) >= 11 is 0. The third-order valence-corrected chi connectivity index (χ3v) is 10.5. The largest absolute Gasteiger partial charge is 0.510 e. The molecular weight excluding hydrogens is 940 g/mol. The van der Waals surface area contributed by atoms with Crippen LogP contribution in [-0.2, 0) is 32.9 Å². The van der Waals surface area contributed by atoms with Gasteiger partial charge in [-0.3, -0.25) is 4.57 Å². The number of pyridine rings is 1. The second kappa shape index (κ2) is 16.7. The normalized spacial score (nSPS) is 14.7. The van der Waals surface area contributed by atoms with Gasteiger partial charge < -0.3 is 13.9 Å². The summed E-state index contributed by atoms with van der Waals surface area (Å²) in [5.41, 5.74) is 4.62. The van der Waals surface area contributed by atoms with E-state index in [1.54, 1.807) is 69.9 Å². The van der Waals surface area contributed by atoms with Gasteiger partial charge in [0.1, 0.15) is 5.82 Å². The summed E-state index contributed by atoms with van der Waals surface area (Å²) in [5, 5.41) is 1.66. The maximum Gasteiger partial charge on any atom is 0.268 e. The summed E-state index contributed by atoms with van der Waals surface area (Å²) in [6, 6.07) is 32.2. The first-order chi connectivity index (χ1) is 34.6. The van der Waals surface area contributed by atoms with E-state index in [1.807, 2.05) is 60.9 Å². The third-order valence-electron chi connectivity index (χ3n) is 10.5. The summed E-state index contributed by atoms with van der Waals surface area (Å²) in [6.45, 7) is 10.1. The fourth-order valence-corrected chi connectivity index (χ4v) is 7.76. The molecule has 308 valence electrons. The van der Waals surface area contributed by atoms with Crippen molar-refractivity contribution in [3.63, 3.8) is 0 Å². The Hall–Kier alpha value is -6.55. The van der Waals surface area contributed by atoms with Gasteiger partial charge in [0.05, 0.1) is 30.4 Å². The number of para-hydroxylation sites is 3. The second-order valence-corrected chi connectivity index (χ2v) is 16.1. The number of benzene rings is 7. The number of imidazole rings is 1. The summed E-state index contributed by atoms with van der Waals surface area (Å²) in [5.74, 6) is 1.08. The fourth-order valence-electron chi connectivity index (χ4n) is 7.76. The molecular formula is C56H46N4OPt-2. The van der Waals surface area contributed by atoms with Crippen molar-refractivity contribution in [2.24, 2.45) is 5.92 Å². The predicted octanol–water partition coefficient (Wildman–Crippen LogP) is 13.4. The molecule has 7 aromatic carbocycles. The Balaban J connectivity index is 0.00000672. The molecule has 0 aliphatic carbocycles. The molecule has 10 aromatic rings. The van der Waals surface area contributed by atoms with E-state index in [0.29, 0.717) is 45.1 Å². The molecule has 0 aliphatic rings. The molecule has 0 fully saturated rings. The second-order valence-electron chi connectivity index (χ2n) is 16.1. The standard InChI is InChI=1S/C56H46N4O.Pt/c1-38(2)32-39-26-29-50-49(33-39)48-28-27-45(36-53(48)60(50)54-34-42(30-31-57-54)56(3,4)5)61-44-21-14-20-43(35-44)58-37-59(52-25-13-12-24-51(52)58)55-46(40-16-8-6-9-17-40)22-15-23-47(55)41-18-10-7-11-19-41;/h6-31,33-34,38H,32H2,1-5H3;/q-2;/i6D,7D,8D,9D,10D,11D,16D,17D,18D,19D,32D2;. The molecule has 6 heteroatoms. The van der Waals surface area contributed by atoms with Crippen LogP contribution in [0.5, 0.6) is 11.5 Å². The van der Waals surface area contributed by atoms with Crippen LogP contribution in [0, 0.1) is 24.4 Å². The van der Waals surface area contributed by atoms with Crippen molar-refractivity contribution in [1.82, 2.24) is 14.1 Å². The predicted molar refractivity (Wildman–Crippen MR) is 248 cm³/mol. The Labute approximate surface area is 395 Å². The molecule has 0 radical (unpaired) electrons. The molecule has 3 aromatic heterocycles. The number of hydrogen-bond donors (Lipinski definition) is 0. The maximum absolute atomic E-state index is 9.01. The number of rotatable bonds is 9. The molecule has 0 N–H and O–H groups in total. The van der Waals surface area contributed by atoms with Crippen molar-refractivity contribution in [3.8, 4) is 50.9 Å². The van der Waals surface area contributed by atoms with Gasteiger partial charge in [0.25, 0.3) is 6.33 Å². The smallest absolute Gasteiger partial charge is 0.268 e. The first-order valence-electron chi connectivity index (χ1n) is 26.0. The molecule has 0 bridgehead atoms. The molecule has 0 atom stereocenters. The Morgan fingerprint density at radius 2 is 1.42 bits per heavy atom. The zero-order valence-electron chi connectivity index (χ0n) is 46.5. The molecule has 0 saturated carbocycles. The quantitative estimate of drug-likeness (QED) is 0.107. The van der Waals surface area contributed by atoms with Crippen molar-refractivity contribution in [3.05, 3.63) is 199 Å². The van der Waals surface area contributed by atoms with Crippen LogP contribution in [0.15, 0.2) is 170 Å². The van der Waals surface area contributed by atoms with E-state index in [4.69, 9.17) is 26.2 Å². The van der Waals surface area contributed by atoms with Gasteiger partial charge in [-0.2, -0.15) is 18.2 Å². The average Bonchev–Trinajstić information content (AvgIpc) is 3.92. The van der Waals surface area contributed by atoms with E-state index in [0.717, 1.165) is 21.9 Å². The van der Waals surface area contributed by atoms with E-state index in [9.17, 15) is 0 Å². The third kappa shape index (κ3) is 7.67. The molecule has 0 amide bonds. The Bertz CT molecular complexity index is 3770. The molecule has 0 unspecified atom stereocenters. The first-order valence-corrected chi connectivity index (χ1v) is 20.0. The minimum absolute atomic E-state index is 0. The summed E-state index contributed by atoms with van der Waals surface area (Å²) in [6.07, 6.45) is 3.60. The molecule has 62 heavy (non-hydrogen) atoms. The SMILES string of the molecule is [2H]c1c([2H])c([2H])c(-c2cccc(-c3c([2H])c([2H])c([2H])c([2H])c3[2H])c2-[n+]2[c-]n(-c3[c-]c(Oc4[c-]c5c(cc4)c4cc(C([2H])([2H])C(C)C)ccc4n5-c4cc(C(C)(C)C)ccn4)ccc3)c3ccccc32)c([2H])c1[2H].[Pt]. The van der Waals surface area contributed by atoms with Crippen LogP contribution in [-0.4, -0.2) is 14.1 Å². The number of aromatic nitrogens is 4. The van der Waals surface area contributed by atoms with Gasteiger partial charge >= 0.3 is 0 Å². The molecule has 10 rings (SSSR count). The van der Waals surface area contributed by atoms with Gasteiger partial charge in [-0.15, -0.1) is 29.7 Å². The average molecular weight is 998 g/mol. The first kappa shape index (κ1) is 28.9. The fraction of sp³-hybridized carbons (Fsp3) is 0.143. The number of hydrogen-bond acceptors (Lipinski definition) is 2. The summed E-state index contributed by atoms with van der Waals surface area (Å²) in [4.78, 5) is 4.82.